The Bertz CT molecular complexity index is 351. The smallest absolute Gasteiger partial charge is 0.405 e. The number of rotatable bonds is 6. The lowest BCUT2D eigenvalue weighted by Gasteiger charge is -2.46. The number of hydrogen-bond acceptors (Lipinski definition) is 4. The summed E-state index contributed by atoms with van der Waals surface area (Å²) in [6.07, 6.45) is -0.316. The Balaban J connectivity index is 2.86. The van der Waals surface area contributed by atoms with Crippen LogP contribution in [0.3, 0.4) is 0 Å². The van der Waals surface area contributed by atoms with Crippen molar-refractivity contribution in [1.82, 2.24) is 10.6 Å². The van der Waals surface area contributed by atoms with Gasteiger partial charge in [-0.2, -0.15) is 0 Å². The Morgan fingerprint density at radius 1 is 1.15 bits per heavy atom. The van der Waals surface area contributed by atoms with Crippen molar-refractivity contribution in [3.8, 4) is 0 Å². The van der Waals surface area contributed by atoms with Gasteiger partial charge in [-0.15, -0.1) is 0 Å². The molecule has 2 amide bonds. The second-order valence-electron chi connectivity index (χ2n) is 5.19. The van der Waals surface area contributed by atoms with Gasteiger partial charge in [-0.3, -0.25) is 0 Å². The first-order chi connectivity index (χ1) is 9.43. The van der Waals surface area contributed by atoms with E-state index in [1.807, 2.05) is 0 Å². The van der Waals surface area contributed by atoms with E-state index in [4.69, 9.17) is 15.3 Å². The number of nitrogens with one attached hydrogen (secondary N) is 2. The summed E-state index contributed by atoms with van der Waals surface area (Å²) in [6, 6.07) is -0.258. The minimum atomic E-state index is -1.17. The fourth-order valence-corrected chi connectivity index (χ4v) is 3.15. The molecular formula is C12H22N2O6. The van der Waals surface area contributed by atoms with Gasteiger partial charge in [0.1, 0.15) is 0 Å². The van der Waals surface area contributed by atoms with Crippen LogP contribution in [0.2, 0.25) is 0 Å². The van der Waals surface area contributed by atoms with Crippen LogP contribution in [0.15, 0.2) is 0 Å². The van der Waals surface area contributed by atoms with E-state index >= 15 is 0 Å². The molecule has 20 heavy (non-hydrogen) atoms. The summed E-state index contributed by atoms with van der Waals surface area (Å²) < 4.78 is 0. The summed E-state index contributed by atoms with van der Waals surface area (Å²) in [7, 11) is 0. The number of aliphatic hydroxyl groups excluding tert-OH is 2. The highest BCUT2D eigenvalue weighted by Gasteiger charge is 2.44. The van der Waals surface area contributed by atoms with E-state index in [2.05, 4.69) is 10.6 Å². The topological polar surface area (TPSA) is 139 Å². The molecule has 0 spiro atoms. The highest BCUT2D eigenvalue weighted by atomic mass is 16.4. The zero-order chi connectivity index (χ0) is 15.2. The van der Waals surface area contributed by atoms with Crippen molar-refractivity contribution in [2.75, 3.05) is 13.2 Å². The molecule has 8 nitrogen and oxygen atoms in total. The van der Waals surface area contributed by atoms with Gasteiger partial charge in [0.2, 0.25) is 0 Å². The molecule has 0 bridgehead atoms. The molecule has 6 N–H and O–H groups in total. The van der Waals surface area contributed by atoms with Crippen molar-refractivity contribution in [2.24, 2.45) is 5.92 Å². The minimum absolute atomic E-state index is 0.112. The number of carboxylic acid groups (broad SMARTS) is 2. The Kier molecular flexibility index (Phi) is 6.03. The predicted octanol–water partition coefficient (Wildman–Crippen LogP) is 0.194. The maximum Gasteiger partial charge on any atom is 0.405 e. The zero-order valence-corrected chi connectivity index (χ0v) is 11.2. The van der Waals surface area contributed by atoms with E-state index in [1.165, 1.54) is 0 Å². The number of aliphatic hydroxyl groups is 2. The van der Waals surface area contributed by atoms with Crippen molar-refractivity contribution in [3.63, 3.8) is 0 Å². The van der Waals surface area contributed by atoms with E-state index in [-0.39, 0.29) is 31.6 Å². The molecule has 0 aliphatic heterocycles. The van der Waals surface area contributed by atoms with Gasteiger partial charge in [0, 0.05) is 24.8 Å². The Hall–Kier alpha value is -1.54. The first kappa shape index (κ1) is 16.5. The van der Waals surface area contributed by atoms with Crippen LogP contribution in [0.5, 0.6) is 0 Å². The van der Waals surface area contributed by atoms with Gasteiger partial charge >= 0.3 is 12.2 Å². The highest BCUT2D eigenvalue weighted by molar-refractivity contribution is 5.66. The van der Waals surface area contributed by atoms with Crippen LogP contribution in [0.4, 0.5) is 9.59 Å². The molecule has 8 heteroatoms. The molecule has 0 heterocycles. The minimum Gasteiger partial charge on any atom is -0.465 e. The van der Waals surface area contributed by atoms with Crippen LogP contribution in [0.1, 0.15) is 32.1 Å². The van der Waals surface area contributed by atoms with Gasteiger partial charge in [0.15, 0.2) is 0 Å². The van der Waals surface area contributed by atoms with E-state index in [9.17, 15) is 14.7 Å². The quantitative estimate of drug-likeness (QED) is 0.413. The van der Waals surface area contributed by atoms with E-state index in [0.29, 0.717) is 25.7 Å². The predicted molar refractivity (Wildman–Crippen MR) is 69.6 cm³/mol. The van der Waals surface area contributed by atoms with E-state index in [0.717, 1.165) is 0 Å². The molecular weight excluding hydrogens is 268 g/mol. The second-order valence-corrected chi connectivity index (χ2v) is 5.19. The second kappa shape index (κ2) is 7.30. The van der Waals surface area contributed by atoms with Crippen LogP contribution < -0.4 is 10.6 Å². The van der Waals surface area contributed by atoms with Gasteiger partial charge in [-0.05, 0) is 38.0 Å². The standard InChI is InChI=1S/C12H22N2O6/c15-5-2-8-7-9(13-10(17)18)1-3-12(8,4-6-16)14-11(19)20/h8-9,13-16H,1-7H2,(H,17,18)(H,19,20)/t8-,9?,12+/m1/s1. The molecule has 116 valence electrons. The van der Waals surface area contributed by atoms with Crippen molar-refractivity contribution in [2.45, 2.75) is 43.7 Å². The summed E-state index contributed by atoms with van der Waals surface area (Å²) in [6.45, 7) is -0.280. The van der Waals surface area contributed by atoms with Crippen LogP contribution in [0, 0.1) is 5.92 Å². The summed E-state index contributed by atoms with van der Waals surface area (Å²) >= 11 is 0. The molecule has 3 atom stereocenters. The summed E-state index contributed by atoms with van der Waals surface area (Å²) in [5.41, 5.74) is -0.806. The molecule has 1 aliphatic carbocycles. The lowest BCUT2D eigenvalue weighted by Crippen LogP contribution is -2.59. The molecule has 1 saturated carbocycles. The number of hydrogen-bond donors (Lipinski definition) is 6. The monoisotopic (exact) mass is 290 g/mol. The molecule has 0 aromatic rings. The molecule has 1 aliphatic rings. The Morgan fingerprint density at radius 2 is 1.85 bits per heavy atom. The van der Waals surface area contributed by atoms with Gasteiger partial charge in [-0.25, -0.2) is 9.59 Å². The summed E-state index contributed by atoms with van der Waals surface area (Å²) in [5.74, 6) is -0.221. The van der Waals surface area contributed by atoms with Crippen molar-refractivity contribution >= 4 is 12.2 Å². The first-order valence-corrected chi connectivity index (χ1v) is 6.66. The lowest BCUT2D eigenvalue weighted by atomic mass is 9.68. The molecule has 1 fully saturated rings. The van der Waals surface area contributed by atoms with Crippen LogP contribution >= 0.6 is 0 Å². The van der Waals surface area contributed by atoms with Crippen molar-refractivity contribution in [1.29, 1.82) is 0 Å². The van der Waals surface area contributed by atoms with Gasteiger partial charge < -0.3 is 31.1 Å². The average molecular weight is 290 g/mol. The maximum absolute atomic E-state index is 11.0. The first-order valence-electron chi connectivity index (χ1n) is 6.66. The van der Waals surface area contributed by atoms with E-state index in [1.54, 1.807) is 0 Å². The normalized spacial score (nSPS) is 29.7. The van der Waals surface area contributed by atoms with Gasteiger partial charge in [0.25, 0.3) is 0 Å². The van der Waals surface area contributed by atoms with Crippen LogP contribution in [0.25, 0.3) is 0 Å². The van der Waals surface area contributed by atoms with Crippen LogP contribution in [-0.4, -0.2) is 57.4 Å². The Labute approximate surface area is 116 Å². The average Bonchev–Trinajstić information content (AvgIpc) is 2.33. The van der Waals surface area contributed by atoms with Gasteiger partial charge in [0.05, 0.1) is 0 Å². The maximum atomic E-state index is 11.0. The molecule has 0 saturated heterocycles. The number of carbonyl (C=O) groups is 2. The SMILES string of the molecule is O=C(O)NC1CC[C@@](CCO)(NC(=O)O)[C@H](CCO)C1. The summed E-state index contributed by atoms with van der Waals surface area (Å²) in [5, 5.41) is 41.0. The van der Waals surface area contributed by atoms with Gasteiger partial charge in [-0.1, -0.05) is 0 Å². The zero-order valence-electron chi connectivity index (χ0n) is 11.2. The lowest BCUT2D eigenvalue weighted by molar-refractivity contribution is 0.0661. The third kappa shape index (κ3) is 4.24. The van der Waals surface area contributed by atoms with E-state index < -0.39 is 17.7 Å². The fraction of sp³-hybridized carbons (Fsp3) is 0.833. The molecule has 0 aromatic carbocycles. The van der Waals surface area contributed by atoms with Crippen LogP contribution in [-0.2, 0) is 0 Å². The molecule has 1 rings (SSSR count). The van der Waals surface area contributed by atoms with Crippen molar-refractivity contribution < 1.29 is 30.0 Å². The number of amides is 2. The van der Waals surface area contributed by atoms with Crippen molar-refractivity contribution in [3.05, 3.63) is 0 Å². The third-order valence-electron chi connectivity index (χ3n) is 4.01. The Morgan fingerprint density at radius 3 is 2.35 bits per heavy atom. The molecule has 0 radical (unpaired) electrons. The molecule has 0 aromatic heterocycles. The molecule has 1 unspecified atom stereocenters. The fourth-order valence-electron chi connectivity index (χ4n) is 3.15. The third-order valence-corrected chi connectivity index (χ3v) is 4.01. The highest BCUT2D eigenvalue weighted by Crippen LogP contribution is 2.38. The summed E-state index contributed by atoms with van der Waals surface area (Å²) in [4.78, 5) is 21.7. The largest absolute Gasteiger partial charge is 0.465 e.